The van der Waals surface area contributed by atoms with Crippen LogP contribution in [0.3, 0.4) is 0 Å². The van der Waals surface area contributed by atoms with Crippen LogP contribution in [0.2, 0.25) is 0 Å². The highest BCUT2D eigenvalue weighted by Crippen LogP contribution is 2.55. The Morgan fingerprint density at radius 3 is 2.64 bits per heavy atom. The first-order valence-corrected chi connectivity index (χ1v) is 8.59. The number of carbonyl (C=O) groups is 1. The van der Waals surface area contributed by atoms with Crippen LogP contribution in [0.5, 0.6) is 5.75 Å². The Morgan fingerprint density at radius 1 is 1.12 bits per heavy atom. The maximum Gasteiger partial charge on any atom is 0.298 e. The van der Waals surface area contributed by atoms with E-state index in [4.69, 9.17) is 4.74 Å². The summed E-state index contributed by atoms with van der Waals surface area (Å²) in [5, 5.41) is 3.38. The second-order valence-corrected chi connectivity index (χ2v) is 7.73. The summed E-state index contributed by atoms with van der Waals surface area (Å²) in [6, 6.07) is 11.9. The molecule has 25 heavy (non-hydrogen) atoms. The van der Waals surface area contributed by atoms with E-state index in [-0.39, 0.29) is 5.91 Å². The molecule has 3 heterocycles. The van der Waals surface area contributed by atoms with Crippen molar-refractivity contribution >= 4 is 22.9 Å². The third-order valence-electron chi connectivity index (χ3n) is 5.39. The summed E-state index contributed by atoms with van der Waals surface area (Å²) in [5.41, 5.74) is 4.59. The monoisotopic (exact) mass is 332 g/mol. The summed E-state index contributed by atoms with van der Waals surface area (Å²) in [6.45, 7) is 8.32. The van der Waals surface area contributed by atoms with Crippen molar-refractivity contribution < 1.29 is 9.53 Å². The molecule has 2 aromatic carbocycles. The molecule has 0 saturated carbocycles. The molecule has 1 unspecified atom stereocenters. The standard InChI is InChI=1S/C21H20N2O2/c1-12-9-14-13(2)11-20(3,4)23-18(14)15(10-12)21(19(23)24)22-16-7-5-6-8-17(16)25-21/h5-11,22H,1-4H3. The van der Waals surface area contributed by atoms with Gasteiger partial charge in [0.15, 0.2) is 0 Å². The fraction of sp³-hybridized carbons (Fsp3) is 0.286. The van der Waals surface area contributed by atoms with Crippen molar-refractivity contribution in [3.63, 3.8) is 0 Å². The molecule has 3 aliphatic rings. The number of anilines is 2. The van der Waals surface area contributed by atoms with Gasteiger partial charge in [0.2, 0.25) is 0 Å². The predicted molar refractivity (Wildman–Crippen MR) is 98.8 cm³/mol. The number of amides is 1. The van der Waals surface area contributed by atoms with Crippen LogP contribution in [-0.2, 0) is 10.5 Å². The van der Waals surface area contributed by atoms with Crippen molar-refractivity contribution in [2.24, 2.45) is 0 Å². The Labute approximate surface area is 147 Å². The lowest BCUT2D eigenvalue weighted by atomic mass is 9.88. The van der Waals surface area contributed by atoms with E-state index in [0.29, 0.717) is 5.75 Å². The number of hydrogen-bond donors (Lipinski definition) is 1. The number of rotatable bonds is 0. The number of benzene rings is 2. The number of nitrogens with zero attached hydrogens (tertiary/aromatic N) is 1. The van der Waals surface area contributed by atoms with E-state index in [1.54, 1.807) is 0 Å². The maximum atomic E-state index is 13.6. The molecule has 0 radical (unpaired) electrons. The first-order chi connectivity index (χ1) is 11.8. The Bertz CT molecular complexity index is 962. The smallest absolute Gasteiger partial charge is 0.298 e. The average molecular weight is 332 g/mol. The van der Waals surface area contributed by atoms with Gasteiger partial charge in [-0.05, 0) is 63.1 Å². The fourth-order valence-electron chi connectivity index (χ4n) is 4.44. The molecular formula is C21H20N2O2. The third kappa shape index (κ3) is 1.64. The van der Waals surface area contributed by atoms with E-state index >= 15 is 0 Å². The highest BCUT2D eigenvalue weighted by molar-refractivity contribution is 6.14. The molecule has 1 amide bonds. The van der Waals surface area contributed by atoms with Crippen molar-refractivity contribution in [2.45, 2.75) is 39.0 Å². The number of fused-ring (bicyclic) bond motifs is 2. The molecule has 0 aliphatic carbocycles. The minimum atomic E-state index is -1.17. The SMILES string of the molecule is CC1=CC(C)(C)N2C(=O)C3(Nc4ccccc4O3)c3cc(C)cc1c32. The molecule has 2 aromatic rings. The van der Waals surface area contributed by atoms with Crippen LogP contribution >= 0.6 is 0 Å². The lowest BCUT2D eigenvalue weighted by molar-refractivity contribution is -0.130. The Hall–Kier alpha value is -2.75. The molecule has 1 atom stereocenters. The number of para-hydroxylation sites is 2. The van der Waals surface area contributed by atoms with Gasteiger partial charge in [-0.25, -0.2) is 0 Å². The van der Waals surface area contributed by atoms with Gasteiger partial charge in [0.25, 0.3) is 11.6 Å². The number of carbonyl (C=O) groups excluding carboxylic acids is 1. The first kappa shape index (κ1) is 14.6. The summed E-state index contributed by atoms with van der Waals surface area (Å²) in [5.74, 6) is 0.660. The average Bonchev–Trinajstić information content (AvgIpc) is 3.04. The summed E-state index contributed by atoms with van der Waals surface area (Å²) in [7, 11) is 0. The van der Waals surface area contributed by atoms with Gasteiger partial charge < -0.3 is 10.1 Å². The van der Waals surface area contributed by atoms with Crippen LogP contribution < -0.4 is 15.0 Å². The predicted octanol–water partition coefficient (Wildman–Crippen LogP) is 4.19. The van der Waals surface area contributed by atoms with Gasteiger partial charge in [0.1, 0.15) is 5.75 Å². The lowest BCUT2D eigenvalue weighted by Gasteiger charge is -2.39. The van der Waals surface area contributed by atoms with Crippen molar-refractivity contribution in [3.05, 3.63) is 59.2 Å². The molecular weight excluding hydrogens is 312 g/mol. The lowest BCUT2D eigenvalue weighted by Crippen LogP contribution is -2.54. The normalized spacial score (nSPS) is 24.6. The third-order valence-corrected chi connectivity index (χ3v) is 5.39. The zero-order valence-corrected chi connectivity index (χ0v) is 14.8. The molecule has 0 aromatic heterocycles. The van der Waals surface area contributed by atoms with E-state index in [0.717, 1.165) is 28.1 Å². The van der Waals surface area contributed by atoms with Gasteiger partial charge in [-0.1, -0.05) is 18.2 Å². The Kier molecular flexibility index (Phi) is 2.48. The van der Waals surface area contributed by atoms with Crippen molar-refractivity contribution in [3.8, 4) is 5.75 Å². The molecule has 4 nitrogen and oxygen atoms in total. The molecule has 1 spiro atoms. The Balaban J connectivity index is 1.81. The summed E-state index contributed by atoms with van der Waals surface area (Å²) in [6.07, 6.45) is 2.16. The zero-order chi connectivity index (χ0) is 17.6. The van der Waals surface area contributed by atoms with Gasteiger partial charge in [-0.3, -0.25) is 9.69 Å². The van der Waals surface area contributed by atoms with Gasteiger partial charge >= 0.3 is 0 Å². The van der Waals surface area contributed by atoms with Gasteiger partial charge in [0.05, 0.1) is 22.5 Å². The first-order valence-electron chi connectivity index (χ1n) is 8.59. The van der Waals surface area contributed by atoms with Gasteiger partial charge in [-0.2, -0.15) is 0 Å². The second-order valence-electron chi connectivity index (χ2n) is 7.73. The van der Waals surface area contributed by atoms with Crippen molar-refractivity contribution in [1.29, 1.82) is 0 Å². The zero-order valence-electron chi connectivity index (χ0n) is 14.8. The highest BCUT2D eigenvalue weighted by Gasteiger charge is 2.60. The van der Waals surface area contributed by atoms with E-state index in [1.807, 2.05) is 29.2 Å². The quantitative estimate of drug-likeness (QED) is 0.786. The van der Waals surface area contributed by atoms with Crippen LogP contribution in [0.1, 0.15) is 37.5 Å². The van der Waals surface area contributed by atoms with Gasteiger partial charge in [0, 0.05) is 5.56 Å². The molecule has 5 rings (SSSR count). The largest absolute Gasteiger partial charge is 0.452 e. The number of aryl methyl sites for hydroxylation is 1. The summed E-state index contributed by atoms with van der Waals surface area (Å²) < 4.78 is 6.27. The highest BCUT2D eigenvalue weighted by atomic mass is 16.5. The minimum Gasteiger partial charge on any atom is -0.452 e. The van der Waals surface area contributed by atoms with Crippen LogP contribution in [0, 0.1) is 6.92 Å². The Morgan fingerprint density at radius 2 is 1.88 bits per heavy atom. The molecule has 1 N–H and O–H groups in total. The minimum absolute atomic E-state index is 0.0562. The molecule has 0 bridgehead atoms. The molecule has 3 aliphatic heterocycles. The van der Waals surface area contributed by atoms with Gasteiger partial charge in [-0.15, -0.1) is 0 Å². The van der Waals surface area contributed by atoms with Crippen LogP contribution in [0.25, 0.3) is 5.57 Å². The molecule has 126 valence electrons. The number of hydrogen-bond acceptors (Lipinski definition) is 3. The van der Waals surface area contributed by atoms with E-state index in [9.17, 15) is 4.79 Å². The molecule has 4 heteroatoms. The number of ether oxygens (including phenoxy) is 1. The number of nitrogens with one attached hydrogen (secondary N) is 1. The molecule has 0 saturated heterocycles. The second kappa shape index (κ2) is 4.26. The van der Waals surface area contributed by atoms with Crippen LogP contribution in [-0.4, -0.2) is 11.4 Å². The van der Waals surface area contributed by atoms with E-state index in [2.05, 4.69) is 51.2 Å². The van der Waals surface area contributed by atoms with Crippen molar-refractivity contribution in [2.75, 3.05) is 10.2 Å². The van der Waals surface area contributed by atoms with E-state index in [1.165, 1.54) is 5.57 Å². The summed E-state index contributed by atoms with van der Waals surface area (Å²) >= 11 is 0. The molecule has 0 fully saturated rings. The van der Waals surface area contributed by atoms with Crippen molar-refractivity contribution in [1.82, 2.24) is 0 Å². The maximum absolute atomic E-state index is 13.6. The van der Waals surface area contributed by atoms with E-state index < -0.39 is 11.3 Å². The van der Waals surface area contributed by atoms with Crippen LogP contribution in [0.15, 0.2) is 42.5 Å². The topological polar surface area (TPSA) is 41.6 Å². The van der Waals surface area contributed by atoms with Crippen LogP contribution in [0.4, 0.5) is 11.4 Å². The number of allylic oxidation sites excluding steroid dienone is 1. The summed E-state index contributed by atoms with van der Waals surface area (Å²) in [4.78, 5) is 15.5. The fourth-order valence-corrected chi connectivity index (χ4v) is 4.44.